The summed E-state index contributed by atoms with van der Waals surface area (Å²) in [5, 5.41) is 3.31. The lowest BCUT2D eigenvalue weighted by atomic mass is 10.1. The van der Waals surface area contributed by atoms with E-state index < -0.39 is 5.54 Å². The van der Waals surface area contributed by atoms with Crippen LogP contribution in [0.15, 0.2) is 29.6 Å². The topological polar surface area (TPSA) is 52.3 Å². The van der Waals surface area contributed by atoms with E-state index in [9.17, 15) is 4.79 Å². The van der Waals surface area contributed by atoms with Gasteiger partial charge in [-0.15, -0.1) is 11.3 Å². The maximum atomic E-state index is 11.6. The zero-order chi connectivity index (χ0) is 12.0. The summed E-state index contributed by atoms with van der Waals surface area (Å²) in [7, 11) is 1.39. The number of methoxy groups -OCH3 is 1. The molecule has 2 atom stereocenters. The number of ether oxygens (including phenoxy) is 1. The number of hydrogen-bond donors (Lipinski definition) is 1. The van der Waals surface area contributed by atoms with E-state index in [1.807, 2.05) is 12.1 Å². The molecule has 1 aromatic carbocycles. The van der Waals surface area contributed by atoms with Gasteiger partial charge in [-0.3, -0.25) is 4.79 Å². The minimum atomic E-state index is -0.807. The van der Waals surface area contributed by atoms with Crippen molar-refractivity contribution in [3.8, 4) is 0 Å². The van der Waals surface area contributed by atoms with Crippen molar-refractivity contribution in [2.24, 2.45) is 5.73 Å². The van der Waals surface area contributed by atoms with E-state index in [0.29, 0.717) is 6.42 Å². The minimum Gasteiger partial charge on any atom is -0.468 e. The normalized spacial score (nSPS) is 27.1. The highest BCUT2D eigenvalue weighted by Crippen LogP contribution is 2.53. The number of rotatable bonds is 2. The molecule has 0 spiro atoms. The summed E-state index contributed by atoms with van der Waals surface area (Å²) in [5.41, 5.74) is 6.43. The molecule has 1 aromatic heterocycles. The van der Waals surface area contributed by atoms with Crippen LogP contribution in [0, 0.1) is 0 Å². The fourth-order valence-electron chi connectivity index (χ4n) is 2.35. The molecule has 2 N–H and O–H groups in total. The Morgan fingerprint density at radius 1 is 1.53 bits per heavy atom. The molecular weight excluding hydrogens is 234 g/mol. The molecule has 1 fully saturated rings. The molecule has 0 saturated heterocycles. The van der Waals surface area contributed by atoms with Crippen LogP contribution in [-0.4, -0.2) is 18.6 Å². The Kier molecular flexibility index (Phi) is 2.24. The summed E-state index contributed by atoms with van der Waals surface area (Å²) in [6.45, 7) is 0. The number of carbonyl (C=O) groups excluding carboxylic acids is 1. The Balaban J connectivity index is 2.00. The average molecular weight is 247 g/mol. The van der Waals surface area contributed by atoms with Crippen molar-refractivity contribution in [1.82, 2.24) is 0 Å². The van der Waals surface area contributed by atoms with Crippen molar-refractivity contribution in [1.29, 1.82) is 0 Å². The number of thiophene rings is 1. The molecule has 88 valence electrons. The zero-order valence-electron chi connectivity index (χ0n) is 9.47. The molecule has 17 heavy (non-hydrogen) atoms. The van der Waals surface area contributed by atoms with Crippen molar-refractivity contribution in [3.63, 3.8) is 0 Å². The third-order valence-electron chi connectivity index (χ3n) is 3.46. The number of benzene rings is 1. The zero-order valence-corrected chi connectivity index (χ0v) is 10.3. The third-order valence-corrected chi connectivity index (χ3v) is 4.44. The third kappa shape index (κ3) is 1.48. The maximum absolute atomic E-state index is 11.6. The van der Waals surface area contributed by atoms with Crippen LogP contribution < -0.4 is 5.73 Å². The molecule has 0 radical (unpaired) electrons. The predicted octanol–water partition coefficient (Wildman–Crippen LogP) is 2.26. The standard InChI is InChI=1S/C13H13NO2S/c1-16-12(15)13(14)6-10(13)9-7-17-11-5-3-2-4-8(9)11/h2-5,7,10H,6,14H2,1H3. The SMILES string of the molecule is COC(=O)C1(N)CC1c1csc2ccccc12. The highest BCUT2D eigenvalue weighted by Gasteiger charge is 2.59. The van der Waals surface area contributed by atoms with Crippen LogP contribution in [0.4, 0.5) is 0 Å². The first kappa shape index (κ1) is 10.7. The molecule has 2 aromatic rings. The summed E-state index contributed by atoms with van der Waals surface area (Å²) in [4.78, 5) is 11.6. The lowest BCUT2D eigenvalue weighted by Crippen LogP contribution is -2.35. The van der Waals surface area contributed by atoms with Gasteiger partial charge in [-0.2, -0.15) is 0 Å². The van der Waals surface area contributed by atoms with E-state index in [0.717, 1.165) is 0 Å². The first-order valence-corrected chi connectivity index (χ1v) is 6.38. The van der Waals surface area contributed by atoms with Gasteiger partial charge >= 0.3 is 5.97 Å². The van der Waals surface area contributed by atoms with Crippen LogP contribution in [0.5, 0.6) is 0 Å². The van der Waals surface area contributed by atoms with E-state index >= 15 is 0 Å². The Bertz CT molecular complexity index is 592. The van der Waals surface area contributed by atoms with E-state index in [1.165, 1.54) is 22.8 Å². The lowest BCUT2D eigenvalue weighted by Gasteiger charge is -2.07. The lowest BCUT2D eigenvalue weighted by molar-refractivity contribution is -0.143. The molecule has 2 unspecified atom stereocenters. The highest BCUT2D eigenvalue weighted by molar-refractivity contribution is 7.17. The Morgan fingerprint density at radius 3 is 3.06 bits per heavy atom. The van der Waals surface area contributed by atoms with Crippen LogP contribution in [0.3, 0.4) is 0 Å². The number of carbonyl (C=O) groups is 1. The smallest absolute Gasteiger partial charge is 0.326 e. The number of nitrogens with two attached hydrogens (primary N) is 1. The van der Waals surface area contributed by atoms with Gasteiger partial charge in [-0.25, -0.2) is 0 Å². The van der Waals surface area contributed by atoms with Crippen LogP contribution in [0.1, 0.15) is 17.9 Å². The quantitative estimate of drug-likeness (QED) is 0.828. The minimum absolute atomic E-state index is 0.103. The van der Waals surface area contributed by atoms with E-state index in [-0.39, 0.29) is 11.9 Å². The van der Waals surface area contributed by atoms with E-state index in [1.54, 1.807) is 11.3 Å². The van der Waals surface area contributed by atoms with Gasteiger partial charge in [-0.05, 0) is 28.8 Å². The van der Waals surface area contributed by atoms with Crippen molar-refractivity contribution in [2.75, 3.05) is 7.11 Å². The molecule has 0 aliphatic heterocycles. The first-order valence-electron chi connectivity index (χ1n) is 5.50. The van der Waals surface area contributed by atoms with Crippen LogP contribution in [0.25, 0.3) is 10.1 Å². The fourth-order valence-corrected chi connectivity index (χ4v) is 3.37. The largest absolute Gasteiger partial charge is 0.468 e. The maximum Gasteiger partial charge on any atom is 0.326 e. The van der Waals surface area contributed by atoms with Gasteiger partial charge in [0, 0.05) is 10.6 Å². The predicted molar refractivity (Wildman–Crippen MR) is 68.1 cm³/mol. The second-order valence-corrected chi connectivity index (χ2v) is 5.39. The van der Waals surface area contributed by atoms with Crippen molar-refractivity contribution in [2.45, 2.75) is 17.9 Å². The van der Waals surface area contributed by atoms with Gasteiger partial charge < -0.3 is 10.5 Å². The fraction of sp³-hybridized carbons (Fsp3) is 0.308. The van der Waals surface area contributed by atoms with Gasteiger partial charge in [0.05, 0.1) is 7.11 Å². The van der Waals surface area contributed by atoms with Crippen molar-refractivity contribution in [3.05, 3.63) is 35.2 Å². The Hall–Kier alpha value is -1.39. The van der Waals surface area contributed by atoms with E-state index in [2.05, 4.69) is 17.5 Å². The summed E-state index contributed by atoms with van der Waals surface area (Å²) in [6, 6.07) is 8.20. The molecular formula is C13H13NO2S. The summed E-state index contributed by atoms with van der Waals surface area (Å²) in [6.07, 6.45) is 0.681. The molecule has 1 saturated carbocycles. The monoisotopic (exact) mass is 247 g/mol. The first-order chi connectivity index (χ1) is 8.16. The highest BCUT2D eigenvalue weighted by atomic mass is 32.1. The number of fused-ring (bicyclic) bond motifs is 1. The Morgan fingerprint density at radius 2 is 2.29 bits per heavy atom. The molecule has 4 heteroatoms. The van der Waals surface area contributed by atoms with Crippen LogP contribution >= 0.6 is 11.3 Å². The van der Waals surface area contributed by atoms with Crippen LogP contribution in [0.2, 0.25) is 0 Å². The number of esters is 1. The summed E-state index contributed by atoms with van der Waals surface area (Å²) < 4.78 is 5.99. The summed E-state index contributed by atoms with van der Waals surface area (Å²) >= 11 is 1.69. The molecule has 1 aliphatic rings. The number of hydrogen-bond acceptors (Lipinski definition) is 4. The molecule has 3 rings (SSSR count). The molecule has 3 nitrogen and oxygen atoms in total. The second-order valence-electron chi connectivity index (χ2n) is 4.48. The Labute approximate surface area is 103 Å². The van der Waals surface area contributed by atoms with Gasteiger partial charge in [-0.1, -0.05) is 18.2 Å². The van der Waals surface area contributed by atoms with Crippen molar-refractivity contribution >= 4 is 27.4 Å². The molecule has 0 amide bonds. The average Bonchev–Trinajstić information content (AvgIpc) is 2.88. The molecule has 1 heterocycles. The second kappa shape index (κ2) is 3.55. The summed E-state index contributed by atoms with van der Waals surface area (Å²) in [5.74, 6) is -0.205. The van der Waals surface area contributed by atoms with Crippen LogP contribution in [-0.2, 0) is 9.53 Å². The van der Waals surface area contributed by atoms with Gasteiger partial charge in [0.25, 0.3) is 0 Å². The van der Waals surface area contributed by atoms with Crippen molar-refractivity contribution < 1.29 is 9.53 Å². The van der Waals surface area contributed by atoms with Gasteiger partial charge in [0.2, 0.25) is 0 Å². The molecule has 0 bridgehead atoms. The molecule has 1 aliphatic carbocycles. The van der Waals surface area contributed by atoms with E-state index in [4.69, 9.17) is 10.5 Å². The van der Waals surface area contributed by atoms with Gasteiger partial charge in [0.1, 0.15) is 5.54 Å². The van der Waals surface area contributed by atoms with Gasteiger partial charge in [0.15, 0.2) is 0 Å².